The molecule has 1 saturated heterocycles. The topological polar surface area (TPSA) is 81.7 Å². The van der Waals surface area contributed by atoms with Gasteiger partial charge in [0.1, 0.15) is 17.8 Å². The molecule has 0 bridgehead atoms. The van der Waals surface area contributed by atoms with Crippen LogP contribution in [0.1, 0.15) is 34.5 Å². The number of fused-ring (bicyclic) bond motifs is 2. The summed E-state index contributed by atoms with van der Waals surface area (Å²) < 4.78 is 0. The fraction of sp³-hybridized carbons (Fsp3) is 0.333. The molecule has 36 heavy (non-hydrogen) atoms. The number of nitrogens with zero attached hydrogens (tertiary/aromatic N) is 5. The fourth-order valence-electron chi connectivity index (χ4n) is 5.50. The van der Waals surface area contributed by atoms with Gasteiger partial charge in [-0.25, -0.2) is 14.8 Å². The van der Waals surface area contributed by atoms with Gasteiger partial charge in [-0.3, -0.25) is 4.79 Å². The van der Waals surface area contributed by atoms with Crippen molar-refractivity contribution in [3.63, 3.8) is 0 Å². The number of anilines is 3. The van der Waals surface area contributed by atoms with Gasteiger partial charge in [0.15, 0.2) is 0 Å². The number of carbonyl (C=O) groups excluding carboxylic acids is 2. The molecular formula is C27H27ClN6O2. The van der Waals surface area contributed by atoms with Crippen LogP contribution in [0.3, 0.4) is 0 Å². The van der Waals surface area contributed by atoms with Crippen molar-refractivity contribution in [2.24, 2.45) is 0 Å². The maximum absolute atomic E-state index is 13.3. The second-order valence-corrected chi connectivity index (χ2v) is 9.93. The summed E-state index contributed by atoms with van der Waals surface area (Å²) in [6.45, 7) is 2.84. The molecule has 0 saturated carbocycles. The van der Waals surface area contributed by atoms with Crippen LogP contribution in [0.2, 0.25) is 5.02 Å². The first-order valence-electron chi connectivity index (χ1n) is 12.4. The van der Waals surface area contributed by atoms with E-state index >= 15 is 0 Å². The zero-order valence-electron chi connectivity index (χ0n) is 19.9. The summed E-state index contributed by atoms with van der Waals surface area (Å²) in [6, 6.07) is 15.6. The molecule has 9 heteroatoms. The normalized spacial score (nSPS) is 17.9. The Morgan fingerprint density at radius 1 is 0.944 bits per heavy atom. The van der Waals surface area contributed by atoms with E-state index in [0.717, 1.165) is 61.5 Å². The monoisotopic (exact) mass is 502 g/mol. The van der Waals surface area contributed by atoms with Gasteiger partial charge in [-0.15, -0.1) is 0 Å². The summed E-state index contributed by atoms with van der Waals surface area (Å²) >= 11 is 6.12. The van der Waals surface area contributed by atoms with Crippen LogP contribution in [0, 0.1) is 0 Å². The van der Waals surface area contributed by atoms with Gasteiger partial charge in [-0.05, 0) is 61.1 Å². The molecule has 3 aromatic rings. The lowest BCUT2D eigenvalue weighted by Crippen LogP contribution is -2.49. The van der Waals surface area contributed by atoms with Crippen LogP contribution in [0.15, 0.2) is 54.9 Å². The average molecular weight is 503 g/mol. The summed E-state index contributed by atoms with van der Waals surface area (Å²) in [5, 5.41) is 3.75. The highest BCUT2D eigenvalue weighted by atomic mass is 35.5. The molecular weight excluding hydrogens is 476 g/mol. The molecule has 6 rings (SSSR count). The zero-order chi connectivity index (χ0) is 24.6. The predicted molar refractivity (Wildman–Crippen MR) is 140 cm³/mol. The molecule has 1 N–H and O–H groups in total. The second-order valence-electron chi connectivity index (χ2n) is 9.49. The van der Waals surface area contributed by atoms with E-state index in [4.69, 9.17) is 11.6 Å². The fourth-order valence-corrected chi connectivity index (χ4v) is 5.70. The lowest BCUT2D eigenvalue weighted by Gasteiger charge is -2.38. The molecule has 1 aromatic heterocycles. The van der Waals surface area contributed by atoms with E-state index in [9.17, 15) is 9.59 Å². The van der Waals surface area contributed by atoms with Crippen molar-refractivity contribution in [1.82, 2.24) is 14.9 Å². The molecule has 2 aromatic carbocycles. The van der Waals surface area contributed by atoms with E-state index in [1.807, 2.05) is 41.3 Å². The number of rotatable bonds is 3. The lowest BCUT2D eigenvalue weighted by molar-refractivity contribution is 0.0984. The van der Waals surface area contributed by atoms with Crippen molar-refractivity contribution < 1.29 is 9.59 Å². The van der Waals surface area contributed by atoms with Gasteiger partial charge in [0, 0.05) is 54.7 Å². The minimum atomic E-state index is -0.129. The first-order valence-corrected chi connectivity index (χ1v) is 12.8. The van der Waals surface area contributed by atoms with Crippen LogP contribution in [0.5, 0.6) is 0 Å². The Morgan fingerprint density at radius 2 is 1.75 bits per heavy atom. The van der Waals surface area contributed by atoms with E-state index in [-0.39, 0.29) is 18.0 Å². The molecule has 4 heterocycles. The molecule has 0 spiro atoms. The number of halogens is 1. The van der Waals surface area contributed by atoms with Gasteiger partial charge in [0.05, 0.1) is 0 Å². The Bertz CT molecular complexity index is 1320. The lowest BCUT2D eigenvalue weighted by atomic mass is 10.0. The van der Waals surface area contributed by atoms with Crippen LogP contribution in [-0.4, -0.2) is 59.0 Å². The molecule has 8 nitrogen and oxygen atoms in total. The minimum absolute atomic E-state index is 0.0273. The first kappa shape index (κ1) is 22.8. The quantitative estimate of drug-likeness (QED) is 0.574. The number of para-hydroxylation sites is 1. The average Bonchev–Trinajstić information content (AvgIpc) is 3.24. The number of amides is 3. The Kier molecular flexibility index (Phi) is 5.97. The molecule has 1 fully saturated rings. The van der Waals surface area contributed by atoms with Crippen LogP contribution in [-0.2, 0) is 12.8 Å². The third-order valence-electron chi connectivity index (χ3n) is 7.43. The molecule has 0 atom stereocenters. The van der Waals surface area contributed by atoms with E-state index in [0.29, 0.717) is 23.8 Å². The Labute approximate surface area is 214 Å². The van der Waals surface area contributed by atoms with Crippen LogP contribution >= 0.6 is 11.6 Å². The predicted octanol–water partition coefficient (Wildman–Crippen LogP) is 4.39. The number of benzene rings is 2. The van der Waals surface area contributed by atoms with Gasteiger partial charge in [0.25, 0.3) is 5.91 Å². The van der Waals surface area contributed by atoms with Gasteiger partial charge in [-0.2, -0.15) is 0 Å². The second kappa shape index (κ2) is 9.43. The number of carbonyl (C=O) groups is 2. The Morgan fingerprint density at radius 3 is 2.61 bits per heavy atom. The summed E-state index contributed by atoms with van der Waals surface area (Å²) in [6.07, 6.45) is 4.78. The highest BCUT2D eigenvalue weighted by Gasteiger charge is 2.31. The largest absolute Gasteiger partial charge is 0.356 e. The van der Waals surface area contributed by atoms with E-state index in [2.05, 4.69) is 26.3 Å². The smallest absolute Gasteiger partial charge is 0.322 e. The maximum atomic E-state index is 13.3. The highest BCUT2D eigenvalue weighted by Crippen LogP contribution is 2.32. The number of piperidine rings is 1. The van der Waals surface area contributed by atoms with Crippen molar-refractivity contribution in [2.45, 2.75) is 31.7 Å². The highest BCUT2D eigenvalue weighted by molar-refractivity contribution is 6.30. The zero-order valence-corrected chi connectivity index (χ0v) is 20.6. The molecule has 3 aliphatic heterocycles. The molecule has 0 radical (unpaired) electrons. The summed E-state index contributed by atoms with van der Waals surface area (Å²) in [4.78, 5) is 40.8. The third-order valence-corrected chi connectivity index (χ3v) is 7.66. The Balaban J connectivity index is 1.12. The van der Waals surface area contributed by atoms with Gasteiger partial charge < -0.3 is 20.0 Å². The van der Waals surface area contributed by atoms with E-state index in [1.165, 1.54) is 11.9 Å². The van der Waals surface area contributed by atoms with Crippen molar-refractivity contribution in [3.8, 4) is 0 Å². The van der Waals surface area contributed by atoms with Gasteiger partial charge in [-0.1, -0.05) is 29.8 Å². The molecule has 3 aliphatic rings. The number of hydrogen-bond donors (Lipinski definition) is 1. The van der Waals surface area contributed by atoms with Gasteiger partial charge in [0.2, 0.25) is 0 Å². The standard InChI is InChI=1S/C27H27ClN6O2/c28-20-5-6-24-19(15-20)8-14-34(24)26(35)23-16-25(30-17-29-23)32-11-9-21(10-12-32)33-13-7-18-3-1-2-4-22(18)31-27(33)36/h1-6,15-17,21H,7-14H2,(H,31,36). The number of aromatic nitrogens is 2. The van der Waals surface area contributed by atoms with Crippen LogP contribution in [0.25, 0.3) is 0 Å². The van der Waals surface area contributed by atoms with Gasteiger partial charge >= 0.3 is 6.03 Å². The SMILES string of the molecule is O=C(c1cc(N2CCC(N3CCc4ccccc4NC3=O)CC2)ncn1)N1CCc2cc(Cl)ccc21. The van der Waals surface area contributed by atoms with Crippen LogP contribution in [0.4, 0.5) is 22.0 Å². The van der Waals surface area contributed by atoms with Crippen molar-refractivity contribution in [2.75, 3.05) is 41.3 Å². The Hall–Kier alpha value is -3.65. The molecule has 0 aliphatic carbocycles. The van der Waals surface area contributed by atoms with E-state index in [1.54, 1.807) is 11.0 Å². The number of nitrogens with one attached hydrogen (secondary N) is 1. The van der Waals surface area contributed by atoms with Crippen molar-refractivity contribution in [1.29, 1.82) is 0 Å². The summed E-state index contributed by atoms with van der Waals surface area (Å²) in [7, 11) is 0. The summed E-state index contributed by atoms with van der Waals surface area (Å²) in [5.41, 5.74) is 4.43. The first-order chi connectivity index (χ1) is 17.6. The van der Waals surface area contributed by atoms with Crippen LogP contribution < -0.4 is 15.1 Å². The third kappa shape index (κ3) is 4.26. The van der Waals surface area contributed by atoms with Crippen molar-refractivity contribution >= 4 is 40.7 Å². The minimum Gasteiger partial charge on any atom is -0.356 e. The van der Waals surface area contributed by atoms with Crippen molar-refractivity contribution in [3.05, 3.63) is 76.7 Å². The molecule has 184 valence electrons. The van der Waals surface area contributed by atoms with E-state index < -0.39 is 0 Å². The number of hydrogen-bond acceptors (Lipinski definition) is 5. The summed E-state index contributed by atoms with van der Waals surface area (Å²) in [5.74, 6) is 0.616. The molecule has 0 unspecified atom stereocenters. The molecule has 3 amide bonds. The maximum Gasteiger partial charge on any atom is 0.322 e. The number of urea groups is 1.